The zero-order valence-electron chi connectivity index (χ0n) is 17.2. The fourth-order valence-electron chi connectivity index (χ4n) is 1.96. The van der Waals surface area contributed by atoms with Gasteiger partial charge in [-0.2, -0.15) is 0 Å². The van der Waals surface area contributed by atoms with Crippen molar-refractivity contribution in [3.05, 3.63) is 0 Å². The molecule has 3 N–H and O–H groups in total. The first-order chi connectivity index (χ1) is 12.1. The van der Waals surface area contributed by atoms with Gasteiger partial charge in [-0.05, 0) is 54.4 Å². The molecule has 9 nitrogen and oxygen atoms in total. The van der Waals surface area contributed by atoms with Crippen LogP contribution in [-0.4, -0.2) is 52.3 Å². The fourth-order valence-corrected chi connectivity index (χ4v) is 1.96. The van der Waals surface area contributed by atoms with E-state index in [0.717, 1.165) is 0 Å². The Bertz CT molecular complexity index is 547. The third-order valence-electron chi connectivity index (χ3n) is 3.07. The molecule has 0 saturated heterocycles. The van der Waals surface area contributed by atoms with Crippen LogP contribution in [-0.2, 0) is 23.9 Å². The molecule has 0 aromatic rings. The molecule has 0 heterocycles. The number of hydrogen-bond acceptors (Lipinski definition) is 6. The summed E-state index contributed by atoms with van der Waals surface area (Å²) in [6.07, 6.45) is -0.950. The number of nitrogens with one attached hydrogen (secondary N) is 2. The minimum Gasteiger partial charge on any atom is -0.481 e. The number of ether oxygens (including phenoxy) is 2. The van der Waals surface area contributed by atoms with Crippen molar-refractivity contribution in [2.24, 2.45) is 0 Å². The third kappa shape index (κ3) is 11.8. The molecule has 0 aromatic carbocycles. The molecule has 0 aliphatic heterocycles. The molecule has 0 aliphatic rings. The van der Waals surface area contributed by atoms with Gasteiger partial charge in [-0.1, -0.05) is 6.92 Å². The van der Waals surface area contributed by atoms with Gasteiger partial charge in [0, 0.05) is 6.42 Å². The van der Waals surface area contributed by atoms with Crippen molar-refractivity contribution in [3.8, 4) is 0 Å². The van der Waals surface area contributed by atoms with Crippen LogP contribution in [0.1, 0.15) is 67.7 Å². The predicted octanol–water partition coefficient (Wildman–Crippen LogP) is 1.98. The topological polar surface area (TPSA) is 131 Å². The van der Waals surface area contributed by atoms with Crippen LogP contribution in [0.2, 0.25) is 0 Å². The van der Waals surface area contributed by atoms with Gasteiger partial charge in [-0.3, -0.25) is 9.59 Å². The Labute approximate surface area is 160 Å². The largest absolute Gasteiger partial charge is 0.481 e. The molecule has 2 unspecified atom stereocenters. The van der Waals surface area contributed by atoms with Crippen LogP contribution >= 0.6 is 0 Å². The summed E-state index contributed by atoms with van der Waals surface area (Å²) in [7, 11) is 0. The Hall–Kier alpha value is -2.32. The van der Waals surface area contributed by atoms with E-state index in [1.807, 2.05) is 0 Å². The molecule has 9 heteroatoms. The summed E-state index contributed by atoms with van der Waals surface area (Å²) in [6.45, 7) is 11.8. The lowest BCUT2D eigenvalue weighted by Crippen LogP contribution is -2.53. The van der Waals surface area contributed by atoms with Crippen LogP contribution in [0, 0.1) is 0 Å². The maximum Gasteiger partial charge on any atom is 0.408 e. The number of esters is 1. The smallest absolute Gasteiger partial charge is 0.408 e. The first kappa shape index (κ1) is 24.7. The molecule has 0 rings (SSSR count). The number of rotatable bonds is 8. The molecule has 2 amide bonds. The Morgan fingerprint density at radius 1 is 0.889 bits per heavy atom. The van der Waals surface area contributed by atoms with E-state index < -0.39 is 47.2 Å². The lowest BCUT2D eigenvalue weighted by molar-refractivity contribution is -0.159. The number of carboxylic acid groups (broad SMARTS) is 1. The summed E-state index contributed by atoms with van der Waals surface area (Å²) in [5.41, 5.74) is -1.51. The monoisotopic (exact) mass is 388 g/mol. The quantitative estimate of drug-likeness (QED) is 0.542. The van der Waals surface area contributed by atoms with Crippen molar-refractivity contribution in [2.75, 3.05) is 0 Å². The van der Waals surface area contributed by atoms with E-state index in [1.54, 1.807) is 48.5 Å². The second-order valence-corrected chi connectivity index (χ2v) is 8.13. The van der Waals surface area contributed by atoms with Crippen molar-refractivity contribution in [1.82, 2.24) is 10.6 Å². The van der Waals surface area contributed by atoms with Gasteiger partial charge in [-0.25, -0.2) is 9.59 Å². The second-order valence-electron chi connectivity index (χ2n) is 8.13. The number of alkyl carbamates (subject to hydrolysis) is 1. The van der Waals surface area contributed by atoms with Gasteiger partial charge in [0.1, 0.15) is 23.3 Å². The van der Waals surface area contributed by atoms with Crippen LogP contribution in [0.25, 0.3) is 0 Å². The molecular formula is C18H32N2O7. The van der Waals surface area contributed by atoms with Crippen molar-refractivity contribution < 1.29 is 33.8 Å². The molecule has 0 aromatic heterocycles. The molecule has 0 aliphatic carbocycles. The Morgan fingerprint density at radius 2 is 1.41 bits per heavy atom. The van der Waals surface area contributed by atoms with E-state index in [9.17, 15) is 19.2 Å². The highest BCUT2D eigenvalue weighted by atomic mass is 16.6. The highest BCUT2D eigenvalue weighted by molar-refractivity contribution is 5.90. The maximum absolute atomic E-state index is 12.5. The standard InChI is InChI=1S/C18H32N2O7/c1-8-11(20-16(25)27-18(5,6)7)14(23)19-12(9-10-13(21)22)15(24)26-17(2,3)4/h11-12H,8-10H2,1-7H3,(H,19,23)(H,20,25)(H,21,22). The molecular weight excluding hydrogens is 356 g/mol. The molecule has 27 heavy (non-hydrogen) atoms. The first-order valence-electron chi connectivity index (χ1n) is 8.89. The van der Waals surface area contributed by atoms with E-state index >= 15 is 0 Å². The van der Waals surface area contributed by atoms with Crippen LogP contribution in [0.3, 0.4) is 0 Å². The summed E-state index contributed by atoms with van der Waals surface area (Å²) in [5.74, 6) is -2.45. The molecule has 0 radical (unpaired) electrons. The summed E-state index contributed by atoms with van der Waals surface area (Å²) in [6, 6.07) is -2.07. The van der Waals surface area contributed by atoms with Crippen molar-refractivity contribution in [1.29, 1.82) is 0 Å². The summed E-state index contributed by atoms with van der Waals surface area (Å²) < 4.78 is 10.4. The molecule has 0 spiro atoms. The van der Waals surface area contributed by atoms with E-state index in [2.05, 4.69) is 10.6 Å². The number of hydrogen-bond donors (Lipinski definition) is 3. The van der Waals surface area contributed by atoms with Crippen molar-refractivity contribution in [2.45, 2.75) is 91.0 Å². The molecule has 0 saturated carbocycles. The van der Waals surface area contributed by atoms with Crippen LogP contribution in [0.15, 0.2) is 0 Å². The van der Waals surface area contributed by atoms with Gasteiger partial charge in [-0.15, -0.1) is 0 Å². The predicted molar refractivity (Wildman–Crippen MR) is 98.1 cm³/mol. The van der Waals surface area contributed by atoms with Crippen molar-refractivity contribution in [3.63, 3.8) is 0 Å². The van der Waals surface area contributed by atoms with Gasteiger partial charge >= 0.3 is 18.0 Å². The Kier molecular flexibility index (Phi) is 9.26. The average Bonchev–Trinajstić information content (AvgIpc) is 2.44. The van der Waals surface area contributed by atoms with E-state index in [4.69, 9.17) is 14.6 Å². The fraction of sp³-hybridized carbons (Fsp3) is 0.778. The highest BCUT2D eigenvalue weighted by Crippen LogP contribution is 2.12. The summed E-state index contributed by atoms with van der Waals surface area (Å²) in [4.78, 5) is 47.4. The van der Waals surface area contributed by atoms with Crippen LogP contribution in [0.5, 0.6) is 0 Å². The molecule has 156 valence electrons. The number of aliphatic carboxylic acids is 1. The normalized spacial score (nSPS) is 13.9. The number of amides is 2. The van der Waals surface area contributed by atoms with Gasteiger partial charge in [0.2, 0.25) is 5.91 Å². The maximum atomic E-state index is 12.5. The average molecular weight is 388 g/mol. The summed E-state index contributed by atoms with van der Waals surface area (Å²) in [5, 5.41) is 13.8. The third-order valence-corrected chi connectivity index (χ3v) is 3.07. The Balaban J connectivity index is 5.08. The highest BCUT2D eigenvalue weighted by Gasteiger charge is 2.30. The van der Waals surface area contributed by atoms with Gasteiger partial charge in [0.25, 0.3) is 0 Å². The zero-order chi connectivity index (χ0) is 21.4. The van der Waals surface area contributed by atoms with Gasteiger partial charge in [0.15, 0.2) is 0 Å². The minimum atomic E-state index is -1.14. The molecule has 0 fully saturated rings. The number of carbonyl (C=O) groups is 4. The zero-order valence-corrected chi connectivity index (χ0v) is 17.2. The lowest BCUT2D eigenvalue weighted by atomic mass is 10.1. The minimum absolute atomic E-state index is 0.126. The molecule has 0 bridgehead atoms. The Morgan fingerprint density at radius 3 is 1.81 bits per heavy atom. The van der Waals surface area contributed by atoms with Gasteiger partial charge < -0.3 is 25.2 Å². The van der Waals surface area contributed by atoms with E-state index in [1.165, 1.54) is 0 Å². The van der Waals surface area contributed by atoms with E-state index in [-0.39, 0.29) is 19.3 Å². The van der Waals surface area contributed by atoms with Crippen molar-refractivity contribution >= 4 is 23.9 Å². The molecule has 2 atom stereocenters. The number of carboxylic acids is 1. The second kappa shape index (κ2) is 10.1. The SMILES string of the molecule is CCC(NC(=O)OC(C)(C)C)C(=O)NC(CCC(=O)O)C(=O)OC(C)(C)C. The number of carbonyl (C=O) groups excluding carboxylic acids is 3. The van der Waals surface area contributed by atoms with Crippen LogP contribution < -0.4 is 10.6 Å². The van der Waals surface area contributed by atoms with E-state index in [0.29, 0.717) is 0 Å². The first-order valence-corrected chi connectivity index (χ1v) is 8.89. The van der Waals surface area contributed by atoms with Crippen LogP contribution in [0.4, 0.5) is 4.79 Å². The summed E-state index contributed by atoms with van der Waals surface area (Å²) >= 11 is 0. The van der Waals surface area contributed by atoms with Gasteiger partial charge in [0.05, 0.1) is 0 Å². The lowest BCUT2D eigenvalue weighted by Gasteiger charge is -2.26.